The minimum absolute atomic E-state index is 0.0454. The van der Waals surface area contributed by atoms with Crippen LogP contribution in [0.3, 0.4) is 0 Å². The molecular formula is C19H29N5O2. The van der Waals surface area contributed by atoms with Gasteiger partial charge in [0.1, 0.15) is 5.54 Å². The molecule has 142 valence electrons. The number of urea groups is 1. The molecule has 2 N–H and O–H groups in total. The molecule has 7 nitrogen and oxygen atoms in total. The van der Waals surface area contributed by atoms with E-state index in [2.05, 4.69) is 20.5 Å². The van der Waals surface area contributed by atoms with E-state index in [9.17, 15) is 9.59 Å². The van der Waals surface area contributed by atoms with Gasteiger partial charge in [0.05, 0.1) is 6.04 Å². The molecule has 3 amide bonds. The second-order valence-electron chi connectivity index (χ2n) is 7.25. The summed E-state index contributed by atoms with van der Waals surface area (Å²) in [5.74, 6) is 0.111. The molecule has 1 spiro atoms. The number of hydrogen-bond acceptors (Lipinski definition) is 4. The Morgan fingerprint density at radius 3 is 2.81 bits per heavy atom. The molecule has 0 saturated carbocycles. The second kappa shape index (κ2) is 8.03. The number of rotatable bonds is 3. The van der Waals surface area contributed by atoms with Crippen LogP contribution in [0.2, 0.25) is 0 Å². The number of pyridine rings is 1. The van der Waals surface area contributed by atoms with Crippen molar-refractivity contribution in [2.75, 3.05) is 33.2 Å². The Kier molecular flexibility index (Phi) is 5.76. The lowest BCUT2D eigenvalue weighted by molar-refractivity contribution is -0.134. The highest BCUT2D eigenvalue weighted by atomic mass is 16.2. The SMILES string of the molecule is CCC(NC(=O)N1CCC2(CC1)C(=O)NCCCN2C)c1cccnc1. The van der Waals surface area contributed by atoms with E-state index >= 15 is 0 Å². The lowest BCUT2D eigenvalue weighted by Crippen LogP contribution is -2.62. The van der Waals surface area contributed by atoms with Crippen LogP contribution in [0.4, 0.5) is 4.79 Å². The number of likely N-dealkylation sites (N-methyl/N-ethyl adjacent to an activating group) is 1. The van der Waals surface area contributed by atoms with Crippen LogP contribution in [-0.4, -0.2) is 65.5 Å². The zero-order valence-corrected chi connectivity index (χ0v) is 15.7. The third-order valence-corrected chi connectivity index (χ3v) is 5.78. The van der Waals surface area contributed by atoms with E-state index in [1.807, 2.05) is 31.0 Å². The third kappa shape index (κ3) is 3.67. The molecule has 0 radical (unpaired) electrons. The minimum atomic E-state index is -0.471. The summed E-state index contributed by atoms with van der Waals surface area (Å²) >= 11 is 0. The Labute approximate surface area is 155 Å². The number of carbonyl (C=O) groups excluding carboxylic acids is 2. The molecule has 0 aromatic carbocycles. The van der Waals surface area contributed by atoms with E-state index in [-0.39, 0.29) is 18.0 Å². The van der Waals surface area contributed by atoms with Crippen molar-refractivity contribution in [3.8, 4) is 0 Å². The van der Waals surface area contributed by atoms with Crippen molar-refractivity contribution in [2.45, 2.75) is 44.2 Å². The minimum Gasteiger partial charge on any atom is -0.354 e. The van der Waals surface area contributed by atoms with Crippen LogP contribution in [0, 0.1) is 0 Å². The Bertz CT molecular complexity index is 628. The third-order valence-electron chi connectivity index (χ3n) is 5.78. The van der Waals surface area contributed by atoms with Crippen LogP contribution in [0.15, 0.2) is 24.5 Å². The van der Waals surface area contributed by atoms with Crippen molar-refractivity contribution >= 4 is 11.9 Å². The van der Waals surface area contributed by atoms with Crippen LogP contribution in [-0.2, 0) is 4.79 Å². The molecule has 0 bridgehead atoms. The smallest absolute Gasteiger partial charge is 0.317 e. The summed E-state index contributed by atoms with van der Waals surface area (Å²) in [7, 11) is 2.02. The Morgan fingerprint density at radius 2 is 2.15 bits per heavy atom. The Morgan fingerprint density at radius 1 is 1.38 bits per heavy atom. The zero-order chi connectivity index (χ0) is 18.6. The molecule has 1 aromatic heterocycles. The first-order valence-electron chi connectivity index (χ1n) is 9.52. The van der Waals surface area contributed by atoms with Gasteiger partial charge in [0.15, 0.2) is 0 Å². The van der Waals surface area contributed by atoms with Gasteiger partial charge in [0.25, 0.3) is 0 Å². The summed E-state index contributed by atoms with van der Waals surface area (Å²) in [4.78, 5) is 33.5. The van der Waals surface area contributed by atoms with Gasteiger partial charge in [-0.3, -0.25) is 14.7 Å². The summed E-state index contributed by atoms with van der Waals surface area (Å²) in [5, 5.41) is 6.15. The van der Waals surface area contributed by atoms with Gasteiger partial charge in [-0.25, -0.2) is 4.79 Å². The van der Waals surface area contributed by atoms with Gasteiger partial charge in [0, 0.05) is 38.6 Å². The number of carbonyl (C=O) groups is 2. The Balaban J connectivity index is 1.62. The summed E-state index contributed by atoms with van der Waals surface area (Å²) < 4.78 is 0. The fourth-order valence-corrected chi connectivity index (χ4v) is 4.00. The number of hydrogen-bond donors (Lipinski definition) is 2. The topological polar surface area (TPSA) is 77.6 Å². The van der Waals surface area contributed by atoms with E-state index in [4.69, 9.17) is 0 Å². The molecule has 26 heavy (non-hydrogen) atoms. The maximum absolute atomic E-state index is 12.7. The van der Waals surface area contributed by atoms with Crippen LogP contribution in [0.25, 0.3) is 0 Å². The van der Waals surface area contributed by atoms with Crippen molar-refractivity contribution < 1.29 is 9.59 Å². The molecule has 1 atom stereocenters. The summed E-state index contributed by atoms with van der Waals surface area (Å²) in [6.07, 6.45) is 6.65. The average Bonchev–Trinajstić information content (AvgIpc) is 2.81. The number of amides is 3. The van der Waals surface area contributed by atoms with Gasteiger partial charge in [0.2, 0.25) is 5.91 Å². The average molecular weight is 359 g/mol. The van der Waals surface area contributed by atoms with Crippen molar-refractivity contribution in [3.63, 3.8) is 0 Å². The highest BCUT2D eigenvalue weighted by molar-refractivity contribution is 5.87. The molecule has 3 rings (SSSR count). The fraction of sp³-hybridized carbons (Fsp3) is 0.632. The molecule has 2 fully saturated rings. The molecule has 1 unspecified atom stereocenters. The Hall–Kier alpha value is -2.15. The van der Waals surface area contributed by atoms with Gasteiger partial charge in [-0.15, -0.1) is 0 Å². The first-order valence-corrected chi connectivity index (χ1v) is 9.52. The van der Waals surface area contributed by atoms with E-state index in [1.165, 1.54) is 0 Å². The number of nitrogens with zero attached hydrogens (tertiary/aromatic N) is 3. The predicted octanol–water partition coefficient (Wildman–Crippen LogP) is 1.53. The van der Waals surface area contributed by atoms with Crippen molar-refractivity contribution in [3.05, 3.63) is 30.1 Å². The second-order valence-corrected chi connectivity index (χ2v) is 7.25. The molecule has 2 aliphatic heterocycles. The summed E-state index contributed by atoms with van der Waals surface area (Å²) in [6, 6.07) is 3.76. The maximum Gasteiger partial charge on any atom is 0.317 e. The molecule has 7 heteroatoms. The highest BCUT2D eigenvalue weighted by Gasteiger charge is 2.46. The number of likely N-dealkylation sites (tertiary alicyclic amines) is 1. The normalized spacial score (nSPS) is 21.8. The van der Waals surface area contributed by atoms with Gasteiger partial charge >= 0.3 is 6.03 Å². The van der Waals surface area contributed by atoms with Crippen LogP contribution in [0.5, 0.6) is 0 Å². The van der Waals surface area contributed by atoms with Crippen molar-refractivity contribution in [2.24, 2.45) is 0 Å². The summed E-state index contributed by atoms with van der Waals surface area (Å²) in [5.41, 5.74) is 0.542. The number of aromatic nitrogens is 1. The van der Waals surface area contributed by atoms with Gasteiger partial charge in [-0.05, 0) is 44.4 Å². The molecular weight excluding hydrogens is 330 g/mol. The summed E-state index contributed by atoms with van der Waals surface area (Å²) in [6.45, 7) is 4.87. The zero-order valence-electron chi connectivity index (χ0n) is 15.7. The van der Waals surface area contributed by atoms with Gasteiger partial charge < -0.3 is 15.5 Å². The molecule has 0 aliphatic carbocycles. The van der Waals surface area contributed by atoms with Crippen LogP contribution >= 0.6 is 0 Å². The van der Waals surface area contributed by atoms with Crippen molar-refractivity contribution in [1.29, 1.82) is 0 Å². The van der Waals surface area contributed by atoms with Crippen LogP contribution in [0.1, 0.15) is 44.2 Å². The first-order chi connectivity index (χ1) is 12.6. The monoisotopic (exact) mass is 359 g/mol. The standard InChI is InChI=1S/C19H29N5O2/c1-3-16(15-6-4-9-20-14-15)22-18(26)24-12-7-19(8-13-24)17(25)21-10-5-11-23(19)2/h4,6,9,14,16H,3,5,7-8,10-13H2,1-2H3,(H,21,25)(H,22,26). The highest BCUT2D eigenvalue weighted by Crippen LogP contribution is 2.30. The van der Waals surface area contributed by atoms with E-state index in [1.54, 1.807) is 12.4 Å². The fourth-order valence-electron chi connectivity index (χ4n) is 4.00. The quantitative estimate of drug-likeness (QED) is 0.858. The molecule has 1 aromatic rings. The lowest BCUT2D eigenvalue weighted by Gasteiger charge is -2.45. The first kappa shape index (κ1) is 18.6. The number of nitrogens with one attached hydrogen (secondary N) is 2. The van der Waals surface area contributed by atoms with E-state index in [0.717, 1.165) is 31.5 Å². The van der Waals surface area contributed by atoms with Gasteiger partial charge in [-0.1, -0.05) is 13.0 Å². The molecule has 2 aliphatic rings. The lowest BCUT2D eigenvalue weighted by atomic mass is 9.85. The molecule has 2 saturated heterocycles. The van der Waals surface area contributed by atoms with Crippen molar-refractivity contribution in [1.82, 2.24) is 25.4 Å². The predicted molar refractivity (Wildman–Crippen MR) is 99.6 cm³/mol. The van der Waals surface area contributed by atoms with E-state index in [0.29, 0.717) is 25.9 Å². The number of piperidine rings is 1. The van der Waals surface area contributed by atoms with Gasteiger partial charge in [-0.2, -0.15) is 0 Å². The van der Waals surface area contributed by atoms with E-state index < -0.39 is 5.54 Å². The van der Waals surface area contributed by atoms with Crippen LogP contribution < -0.4 is 10.6 Å². The maximum atomic E-state index is 12.7. The molecule has 3 heterocycles. The largest absolute Gasteiger partial charge is 0.354 e.